The van der Waals surface area contributed by atoms with Crippen LogP contribution in [0.25, 0.3) is 0 Å². The lowest BCUT2D eigenvalue weighted by atomic mass is 10.0. The van der Waals surface area contributed by atoms with E-state index in [0.29, 0.717) is 11.1 Å². The number of nitriles is 1. The standard InChI is InChI=1S/C19H11F4N/c1-2-3-4-14-16(20)18(22)15(19(23)17(14)21)10-9-12-5-7-13(11-24)8-6-12/h2,5-8H,1,3-4H2. The van der Waals surface area contributed by atoms with Gasteiger partial charge in [0.1, 0.15) is 5.56 Å². The van der Waals surface area contributed by atoms with Crippen LogP contribution in [-0.2, 0) is 6.42 Å². The first-order chi connectivity index (χ1) is 11.5. The molecule has 120 valence electrons. The van der Waals surface area contributed by atoms with Crippen LogP contribution in [0.4, 0.5) is 17.6 Å². The van der Waals surface area contributed by atoms with Gasteiger partial charge in [0.25, 0.3) is 0 Å². The normalized spacial score (nSPS) is 9.79. The fraction of sp³-hybridized carbons (Fsp3) is 0.105. The summed E-state index contributed by atoms with van der Waals surface area (Å²) in [6.45, 7) is 3.40. The minimum atomic E-state index is -1.52. The summed E-state index contributed by atoms with van der Waals surface area (Å²) in [5.41, 5.74) is -0.878. The lowest BCUT2D eigenvalue weighted by molar-refractivity contribution is 0.436. The summed E-state index contributed by atoms with van der Waals surface area (Å²) in [6, 6.07) is 7.78. The van der Waals surface area contributed by atoms with E-state index in [9.17, 15) is 17.6 Å². The van der Waals surface area contributed by atoms with Crippen LogP contribution in [0.5, 0.6) is 0 Å². The van der Waals surface area contributed by atoms with Crippen molar-refractivity contribution in [3.8, 4) is 17.9 Å². The van der Waals surface area contributed by atoms with Crippen LogP contribution in [0, 0.1) is 46.4 Å². The summed E-state index contributed by atoms with van der Waals surface area (Å²) < 4.78 is 55.9. The maximum Gasteiger partial charge on any atom is 0.177 e. The monoisotopic (exact) mass is 329 g/mol. The summed E-state index contributed by atoms with van der Waals surface area (Å²) in [4.78, 5) is 0. The Kier molecular flexibility index (Phi) is 5.39. The Morgan fingerprint density at radius 1 is 0.875 bits per heavy atom. The van der Waals surface area contributed by atoms with Crippen LogP contribution in [0.2, 0.25) is 0 Å². The third kappa shape index (κ3) is 3.47. The predicted octanol–water partition coefficient (Wildman–Crippen LogP) is 4.63. The Labute approximate surface area is 136 Å². The van der Waals surface area contributed by atoms with Crippen molar-refractivity contribution >= 4 is 0 Å². The van der Waals surface area contributed by atoms with Crippen LogP contribution in [0.3, 0.4) is 0 Å². The summed E-state index contributed by atoms with van der Waals surface area (Å²) in [5.74, 6) is -1.39. The molecule has 0 saturated heterocycles. The zero-order valence-electron chi connectivity index (χ0n) is 12.5. The number of hydrogen-bond donors (Lipinski definition) is 0. The fourth-order valence-corrected chi connectivity index (χ4v) is 2.02. The fourth-order valence-electron chi connectivity index (χ4n) is 2.02. The highest BCUT2D eigenvalue weighted by Gasteiger charge is 2.23. The summed E-state index contributed by atoms with van der Waals surface area (Å²) >= 11 is 0. The second-order valence-electron chi connectivity index (χ2n) is 4.88. The average molecular weight is 329 g/mol. The Morgan fingerprint density at radius 2 is 1.42 bits per heavy atom. The molecular formula is C19H11F4N. The lowest BCUT2D eigenvalue weighted by Crippen LogP contribution is -2.06. The van der Waals surface area contributed by atoms with Crippen molar-refractivity contribution in [1.82, 2.24) is 0 Å². The third-order valence-electron chi connectivity index (χ3n) is 3.30. The van der Waals surface area contributed by atoms with E-state index < -0.39 is 34.4 Å². The summed E-state index contributed by atoms with van der Waals surface area (Å²) in [5, 5.41) is 8.68. The minimum Gasteiger partial charge on any atom is -0.203 e. The number of hydrogen-bond acceptors (Lipinski definition) is 1. The molecule has 0 spiro atoms. The molecule has 0 unspecified atom stereocenters. The average Bonchev–Trinajstić information content (AvgIpc) is 2.60. The van der Waals surface area contributed by atoms with Gasteiger partial charge >= 0.3 is 0 Å². The van der Waals surface area contributed by atoms with Gasteiger partial charge in [-0.3, -0.25) is 0 Å². The molecule has 0 atom stereocenters. The molecule has 2 aromatic carbocycles. The maximum absolute atomic E-state index is 14.0. The quantitative estimate of drug-likeness (QED) is 0.348. The van der Waals surface area contributed by atoms with Crippen molar-refractivity contribution in [2.45, 2.75) is 12.8 Å². The first-order valence-corrected chi connectivity index (χ1v) is 6.97. The number of allylic oxidation sites excluding steroid dienone is 1. The largest absolute Gasteiger partial charge is 0.203 e. The van der Waals surface area contributed by atoms with Crippen LogP contribution < -0.4 is 0 Å². The van der Waals surface area contributed by atoms with Gasteiger partial charge in [-0.15, -0.1) is 6.58 Å². The molecule has 0 heterocycles. The SMILES string of the molecule is C=CCCc1c(F)c(F)c(C#Cc2ccc(C#N)cc2)c(F)c1F. The van der Waals surface area contributed by atoms with Gasteiger partial charge in [-0.25, -0.2) is 17.6 Å². The Hall–Kier alpha value is -3.05. The van der Waals surface area contributed by atoms with Gasteiger partial charge in [-0.05, 0) is 37.1 Å². The number of benzene rings is 2. The van der Waals surface area contributed by atoms with Crippen molar-refractivity contribution in [3.63, 3.8) is 0 Å². The first-order valence-electron chi connectivity index (χ1n) is 6.97. The highest BCUT2D eigenvalue weighted by molar-refractivity contribution is 5.47. The Balaban J connectivity index is 2.46. The van der Waals surface area contributed by atoms with E-state index in [1.165, 1.54) is 30.3 Å². The van der Waals surface area contributed by atoms with Gasteiger partial charge in [0, 0.05) is 11.1 Å². The van der Waals surface area contributed by atoms with Crippen LogP contribution in [-0.4, -0.2) is 0 Å². The van der Waals surface area contributed by atoms with Crippen molar-refractivity contribution in [2.75, 3.05) is 0 Å². The maximum atomic E-state index is 14.0. The van der Waals surface area contributed by atoms with Gasteiger partial charge in [-0.2, -0.15) is 5.26 Å². The number of nitrogens with zero attached hydrogens (tertiary/aromatic N) is 1. The van der Waals surface area contributed by atoms with Crippen molar-refractivity contribution in [2.24, 2.45) is 0 Å². The molecule has 5 heteroatoms. The minimum absolute atomic E-state index is 0.184. The van der Waals surface area contributed by atoms with E-state index in [1.807, 2.05) is 6.07 Å². The molecule has 1 nitrogen and oxygen atoms in total. The van der Waals surface area contributed by atoms with E-state index in [-0.39, 0.29) is 12.8 Å². The molecule has 2 rings (SSSR count). The van der Waals surface area contributed by atoms with Crippen LogP contribution in [0.1, 0.15) is 28.7 Å². The lowest BCUT2D eigenvalue weighted by Gasteiger charge is -2.08. The number of rotatable bonds is 3. The molecule has 0 radical (unpaired) electrons. The molecule has 0 aliphatic carbocycles. The molecule has 2 aromatic rings. The molecule has 0 bridgehead atoms. The smallest absolute Gasteiger partial charge is 0.177 e. The topological polar surface area (TPSA) is 23.8 Å². The van der Waals surface area contributed by atoms with Gasteiger partial charge in [0.05, 0.1) is 11.6 Å². The zero-order valence-corrected chi connectivity index (χ0v) is 12.5. The molecule has 0 fully saturated rings. The molecule has 0 aliphatic heterocycles. The second-order valence-corrected chi connectivity index (χ2v) is 4.88. The third-order valence-corrected chi connectivity index (χ3v) is 3.30. The molecule has 0 saturated carbocycles. The molecule has 0 amide bonds. The van der Waals surface area contributed by atoms with Gasteiger partial charge < -0.3 is 0 Å². The van der Waals surface area contributed by atoms with Crippen molar-refractivity contribution in [3.05, 3.63) is 82.4 Å². The molecular weight excluding hydrogens is 318 g/mol. The molecule has 24 heavy (non-hydrogen) atoms. The van der Waals surface area contributed by atoms with Crippen LogP contribution in [0.15, 0.2) is 36.9 Å². The Morgan fingerprint density at radius 3 is 1.92 bits per heavy atom. The summed E-state index contributed by atoms with van der Waals surface area (Å²) in [6.07, 6.45) is 1.38. The van der Waals surface area contributed by atoms with E-state index >= 15 is 0 Å². The van der Waals surface area contributed by atoms with Crippen molar-refractivity contribution in [1.29, 1.82) is 5.26 Å². The summed E-state index contributed by atoms with van der Waals surface area (Å²) in [7, 11) is 0. The van der Waals surface area contributed by atoms with E-state index in [4.69, 9.17) is 5.26 Å². The first kappa shape index (κ1) is 17.3. The number of halogens is 4. The molecule has 0 N–H and O–H groups in total. The highest BCUT2D eigenvalue weighted by Crippen LogP contribution is 2.25. The van der Waals surface area contributed by atoms with E-state index in [1.54, 1.807) is 0 Å². The van der Waals surface area contributed by atoms with E-state index in [2.05, 4.69) is 18.4 Å². The van der Waals surface area contributed by atoms with Gasteiger partial charge in [0.15, 0.2) is 23.3 Å². The molecule has 0 aromatic heterocycles. The van der Waals surface area contributed by atoms with Crippen molar-refractivity contribution < 1.29 is 17.6 Å². The zero-order chi connectivity index (χ0) is 17.7. The second kappa shape index (κ2) is 7.48. The van der Waals surface area contributed by atoms with E-state index in [0.717, 1.165) is 0 Å². The van der Waals surface area contributed by atoms with Gasteiger partial charge in [0.2, 0.25) is 0 Å². The molecule has 0 aliphatic rings. The predicted molar refractivity (Wildman–Crippen MR) is 81.9 cm³/mol. The Bertz CT molecular complexity index is 852. The van der Waals surface area contributed by atoms with Crippen LogP contribution >= 0.6 is 0 Å². The van der Waals surface area contributed by atoms with Gasteiger partial charge in [-0.1, -0.05) is 17.9 Å². The highest BCUT2D eigenvalue weighted by atomic mass is 19.2.